The first kappa shape index (κ1) is 16.5. The van der Waals surface area contributed by atoms with Gasteiger partial charge in [0.2, 0.25) is 0 Å². The van der Waals surface area contributed by atoms with Gasteiger partial charge in [0.25, 0.3) is 0 Å². The number of hydrogen-bond donors (Lipinski definition) is 0. The molecule has 24 heavy (non-hydrogen) atoms. The summed E-state index contributed by atoms with van der Waals surface area (Å²) in [4.78, 5) is 14.9. The van der Waals surface area contributed by atoms with Crippen molar-refractivity contribution in [2.45, 2.75) is 33.1 Å². The molecule has 2 aromatic rings. The van der Waals surface area contributed by atoms with Crippen LogP contribution in [0.3, 0.4) is 0 Å². The van der Waals surface area contributed by atoms with Crippen molar-refractivity contribution < 1.29 is 4.79 Å². The van der Waals surface area contributed by atoms with Crippen LogP contribution in [0.25, 0.3) is 6.08 Å². The number of aryl methyl sites for hydroxylation is 2. The predicted octanol–water partition coefficient (Wildman–Crippen LogP) is 3.92. The number of carbonyl (C=O) groups excluding carboxylic acids is 1. The number of anilines is 1. The van der Waals surface area contributed by atoms with Gasteiger partial charge in [-0.05, 0) is 56.9 Å². The van der Waals surface area contributed by atoms with Gasteiger partial charge < -0.3 is 4.90 Å². The standard InChI is InChI=1S/C20H25N3O/c1-15-20(16(2)22(3)21-15)19(24)12-9-17-7-10-18(11-8-17)23-13-5-4-6-14-23/h7-12H,4-6,13-14H2,1-3H3. The fourth-order valence-corrected chi connectivity index (χ4v) is 3.33. The second-order valence-corrected chi connectivity index (χ2v) is 6.51. The Morgan fingerprint density at radius 2 is 1.75 bits per heavy atom. The smallest absolute Gasteiger partial charge is 0.189 e. The minimum atomic E-state index is 0.0122. The number of carbonyl (C=O) groups is 1. The second-order valence-electron chi connectivity index (χ2n) is 6.51. The van der Waals surface area contributed by atoms with E-state index in [2.05, 4.69) is 34.3 Å². The first-order valence-electron chi connectivity index (χ1n) is 8.64. The lowest BCUT2D eigenvalue weighted by Crippen LogP contribution is -2.29. The minimum absolute atomic E-state index is 0.0122. The lowest BCUT2D eigenvalue weighted by Gasteiger charge is -2.28. The molecule has 1 aromatic heterocycles. The molecule has 0 bridgehead atoms. The van der Waals surface area contributed by atoms with E-state index in [-0.39, 0.29) is 5.78 Å². The predicted molar refractivity (Wildman–Crippen MR) is 98.6 cm³/mol. The van der Waals surface area contributed by atoms with Crippen molar-refractivity contribution in [2.75, 3.05) is 18.0 Å². The number of ketones is 1. The molecule has 126 valence electrons. The van der Waals surface area contributed by atoms with E-state index >= 15 is 0 Å². The highest BCUT2D eigenvalue weighted by atomic mass is 16.1. The van der Waals surface area contributed by atoms with Gasteiger partial charge in [0.05, 0.1) is 11.3 Å². The molecule has 0 unspecified atom stereocenters. The molecule has 1 saturated heterocycles. The molecule has 1 aromatic carbocycles. The first-order valence-corrected chi connectivity index (χ1v) is 8.64. The molecule has 1 aliphatic heterocycles. The summed E-state index contributed by atoms with van der Waals surface area (Å²) < 4.78 is 1.75. The molecular formula is C20H25N3O. The normalized spacial score (nSPS) is 15.2. The van der Waals surface area contributed by atoms with Crippen molar-refractivity contribution in [2.24, 2.45) is 7.05 Å². The van der Waals surface area contributed by atoms with Crippen LogP contribution in [0.5, 0.6) is 0 Å². The Hall–Kier alpha value is -2.36. The van der Waals surface area contributed by atoms with E-state index in [4.69, 9.17) is 0 Å². The summed E-state index contributed by atoms with van der Waals surface area (Å²) >= 11 is 0. The quantitative estimate of drug-likeness (QED) is 0.632. The van der Waals surface area contributed by atoms with Crippen LogP contribution in [0, 0.1) is 13.8 Å². The summed E-state index contributed by atoms with van der Waals surface area (Å²) in [6.07, 6.45) is 7.42. The fraction of sp³-hybridized carbons (Fsp3) is 0.400. The maximum Gasteiger partial charge on any atom is 0.189 e. The van der Waals surface area contributed by atoms with Crippen LogP contribution >= 0.6 is 0 Å². The largest absolute Gasteiger partial charge is 0.372 e. The number of nitrogens with zero attached hydrogens (tertiary/aromatic N) is 3. The van der Waals surface area contributed by atoms with Crippen LogP contribution < -0.4 is 4.90 Å². The summed E-state index contributed by atoms with van der Waals surface area (Å²) in [5.41, 5.74) is 4.71. The third-order valence-corrected chi connectivity index (χ3v) is 4.80. The number of hydrogen-bond acceptors (Lipinski definition) is 3. The summed E-state index contributed by atoms with van der Waals surface area (Å²) in [5, 5.41) is 4.31. The molecule has 2 heterocycles. The van der Waals surface area contributed by atoms with Gasteiger partial charge in [-0.1, -0.05) is 18.2 Å². The molecule has 0 N–H and O–H groups in total. The highest BCUT2D eigenvalue weighted by molar-refractivity contribution is 6.08. The van der Waals surface area contributed by atoms with Crippen LogP contribution in [0.4, 0.5) is 5.69 Å². The molecule has 0 aliphatic carbocycles. The molecule has 4 heteroatoms. The SMILES string of the molecule is Cc1nn(C)c(C)c1C(=O)C=Cc1ccc(N2CCCCC2)cc1. The Morgan fingerprint density at radius 3 is 2.33 bits per heavy atom. The van der Waals surface area contributed by atoms with Crippen molar-refractivity contribution in [1.82, 2.24) is 9.78 Å². The topological polar surface area (TPSA) is 38.1 Å². The van der Waals surface area contributed by atoms with Gasteiger partial charge >= 0.3 is 0 Å². The molecule has 0 atom stereocenters. The van der Waals surface area contributed by atoms with Gasteiger partial charge in [-0.15, -0.1) is 0 Å². The maximum atomic E-state index is 12.4. The van der Waals surface area contributed by atoms with E-state index < -0.39 is 0 Å². The number of benzene rings is 1. The van der Waals surface area contributed by atoms with E-state index in [9.17, 15) is 4.79 Å². The van der Waals surface area contributed by atoms with Crippen LogP contribution in [-0.2, 0) is 7.05 Å². The highest BCUT2D eigenvalue weighted by Gasteiger charge is 2.15. The van der Waals surface area contributed by atoms with Crippen LogP contribution in [-0.4, -0.2) is 28.7 Å². The Morgan fingerprint density at radius 1 is 1.08 bits per heavy atom. The molecule has 4 nitrogen and oxygen atoms in total. The lowest BCUT2D eigenvalue weighted by molar-refractivity contribution is 0.104. The van der Waals surface area contributed by atoms with Crippen molar-refractivity contribution in [3.05, 3.63) is 52.9 Å². The van der Waals surface area contributed by atoms with Crippen molar-refractivity contribution in [3.63, 3.8) is 0 Å². The third kappa shape index (κ3) is 3.42. The second kappa shape index (κ2) is 7.04. The summed E-state index contributed by atoms with van der Waals surface area (Å²) in [6.45, 7) is 6.09. The Bertz CT molecular complexity index is 750. The molecule has 1 fully saturated rings. The number of rotatable bonds is 4. The van der Waals surface area contributed by atoms with Gasteiger partial charge in [-0.2, -0.15) is 5.10 Å². The van der Waals surface area contributed by atoms with E-state index in [1.807, 2.05) is 27.0 Å². The average molecular weight is 323 g/mol. The zero-order valence-corrected chi connectivity index (χ0v) is 14.7. The van der Waals surface area contributed by atoms with Crippen LogP contribution in [0.15, 0.2) is 30.3 Å². The van der Waals surface area contributed by atoms with E-state index in [0.29, 0.717) is 5.56 Å². The average Bonchev–Trinajstić information content (AvgIpc) is 2.86. The van der Waals surface area contributed by atoms with E-state index in [1.165, 1.54) is 24.9 Å². The number of piperidine rings is 1. The first-order chi connectivity index (χ1) is 11.6. The molecule has 0 amide bonds. The van der Waals surface area contributed by atoms with Gasteiger partial charge in [-0.3, -0.25) is 9.48 Å². The van der Waals surface area contributed by atoms with Crippen LogP contribution in [0.2, 0.25) is 0 Å². The molecule has 0 radical (unpaired) electrons. The molecule has 1 aliphatic rings. The Labute approximate surface area is 143 Å². The zero-order chi connectivity index (χ0) is 17.1. The molecule has 3 rings (SSSR count). The van der Waals surface area contributed by atoms with E-state index in [0.717, 1.165) is 30.0 Å². The van der Waals surface area contributed by atoms with Gasteiger partial charge in [-0.25, -0.2) is 0 Å². The summed E-state index contributed by atoms with van der Waals surface area (Å²) in [7, 11) is 1.86. The van der Waals surface area contributed by atoms with E-state index in [1.54, 1.807) is 10.8 Å². The maximum absolute atomic E-state index is 12.4. The third-order valence-electron chi connectivity index (χ3n) is 4.80. The molecule has 0 saturated carbocycles. The summed E-state index contributed by atoms with van der Waals surface area (Å²) in [6, 6.07) is 8.46. The Kier molecular flexibility index (Phi) is 4.84. The molecular weight excluding hydrogens is 298 g/mol. The van der Waals surface area contributed by atoms with Crippen LogP contribution in [0.1, 0.15) is 46.6 Å². The van der Waals surface area contributed by atoms with Crippen molar-refractivity contribution >= 4 is 17.5 Å². The number of aromatic nitrogens is 2. The van der Waals surface area contributed by atoms with Gasteiger partial charge in [0.15, 0.2) is 5.78 Å². The van der Waals surface area contributed by atoms with Gasteiger partial charge in [0, 0.05) is 31.5 Å². The monoisotopic (exact) mass is 323 g/mol. The van der Waals surface area contributed by atoms with Crippen molar-refractivity contribution in [3.8, 4) is 0 Å². The Balaban J connectivity index is 1.71. The fourth-order valence-electron chi connectivity index (χ4n) is 3.33. The minimum Gasteiger partial charge on any atom is -0.372 e. The molecule has 0 spiro atoms. The van der Waals surface area contributed by atoms with Gasteiger partial charge in [0.1, 0.15) is 0 Å². The lowest BCUT2D eigenvalue weighted by atomic mass is 10.1. The highest BCUT2D eigenvalue weighted by Crippen LogP contribution is 2.21. The number of allylic oxidation sites excluding steroid dienone is 1. The summed E-state index contributed by atoms with van der Waals surface area (Å²) in [5.74, 6) is 0.0122. The zero-order valence-electron chi connectivity index (χ0n) is 14.7. The van der Waals surface area contributed by atoms with Crippen molar-refractivity contribution in [1.29, 1.82) is 0 Å².